The molecule has 0 fully saturated rings. The third kappa shape index (κ3) is 9.10. The first-order valence-electron chi connectivity index (χ1n) is 11.1. The van der Waals surface area contributed by atoms with Crippen molar-refractivity contribution in [3.63, 3.8) is 0 Å². The van der Waals surface area contributed by atoms with Gasteiger partial charge in [0.25, 0.3) is 0 Å². The van der Waals surface area contributed by atoms with Gasteiger partial charge in [-0.3, -0.25) is 0 Å². The van der Waals surface area contributed by atoms with Gasteiger partial charge in [-0.25, -0.2) is 4.79 Å². The molecule has 2 heterocycles. The second-order valence-corrected chi connectivity index (χ2v) is 9.77. The van der Waals surface area contributed by atoms with E-state index in [0.717, 1.165) is 29.4 Å². The van der Waals surface area contributed by atoms with Gasteiger partial charge < -0.3 is 14.4 Å². The lowest BCUT2D eigenvalue weighted by Crippen LogP contribution is -2.31. The summed E-state index contributed by atoms with van der Waals surface area (Å²) in [6, 6.07) is 4.06. The minimum atomic E-state index is -0.320. The second kappa shape index (κ2) is 16.8. The van der Waals surface area contributed by atoms with Crippen molar-refractivity contribution in [3.8, 4) is 0 Å². The smallest absolute Gasteiger partial charge is 0.338 e. The second-order valence-electron chi connectivity index (χ2n) is 7.24. The molecule has 1 atom stereocenters. The van der Waals surface area contributed by atoms with Crippen molar-refractivity contribution in [1.29, 1.82) is 0 Å². The molecule has 4 nitrogen and oxygen atoms in total. The van der Waals surface area contributed by atoms with Gasteiger partial charge in [0.15, 0.2) is 0 Å². The van der Waals surface area contributed by atoms with E-state index in [1.165, 1.54) is 9.78 Å². The van der Waals surface area contributed by atoms with Gasteiger partial charge >= 0.3 is 5.97 Å². The first kappa shape index (κ1) is 30.2. The van der Waals surface area contributed by atoms with E-state index in [1.807, 2.05) is 36.3 Å². The normalized spacial score (nSPS) is 14.7. The summed E-state index contributed by atoms with van der Waals surface area (Å²) in [6.07, 6.45) is 10.7. The zero-order valence-electron chi connectivity index (χ0n) is 20.6. The first-order valence-corrected chi connectivity index (χ1v) is 14.4. The molecule has 2 rings (SSSR count). The van der Waals surface area contributed by atoms with Gasteiger partial charge in [0.1, 0.15) is 0 Å². The number of nitrogens with zero attached hydrogens (tertiary/aromatic N) is 1. The maximum atomic E-state index is 12.5. The number of carbonyl (C=O) groups is 1. The van der Waals surface area contributed by atoms with Gasteiger partial charge in [-0.05, 0) is 54.0 Å². The van der Waals surface area contributed by atoms with Crippen LogP contribution in [0.2, 0.25) is 0 Å². The van der Waals surface area contributed by atoms with Crippen molar-refractivity contribution in [2.24, 2.45) is 0 Å². The van der Waals surface area contributed by atoms with Crippen LogP contribution < -0.4 is 0 Å². The maximum Gasteiger partial charge on any atom is 0.338 e. The van der Waals surface area contributed by atoms with Crippen LogP contribution in [0.4, 0.5) is 0 Å². The van der Waals surface area contributed by atoms with E-state index in [2.05, 4.69) is 54.9 Å². The van der Waals surface area contributed by atoms with Crippen molar-refractivity contribution >= 4 is 45.0 Å². The van der Waals surface area contributed by atoms with Gasteiger partial charge in [0, 0.05) is 22.1 Å². The standard InChI is InChI=1S/C21H27NO3S.C6H9BrS/c1-6-11-24-21(23)18-13-15(4)22(8-3)20(16(18)5)19(7-2)25-14-17-10-9-12-26-17;1-3-4-6(5-7)8-2/h8-10,12-13,19H,3-4,6-7,11,14H2,1-2,5H3;3-4H,1,5H2,2H3/b;6-4-. The maximum absolute atomic E-state index is 12.5. The largest absolute Gasteiger partial charge is 0.462 e. The van der Waals surface area contributed by atoms with Crippen LogP contribution in [0.1, 0.15) is 38.5 Å². The minimum absolute atomic E-state index is 0.172. The van der Waals surface area contributed by atoms with Crippen LogP contribution in [0.3, 0.4) is 0 Å². The number of thioether (sulfide) groups is 1. The fourth-order valence-electron chi connectivity index (χ4n) is 3.18. The Morgan fingerprint density at radius 3 is 2.56 bits per heavy atom. The Morgan fingerprint density at radius 2 is 2.09 bits per heavy atom. The highest BCUT2D eigenvalue weighted by molar-refractivity contribution is 9.09. The van der Waals surface area contributed by atoms with Crippen LogP contribution in [-0.2, 0) is 20.9 Å². The van der Waals surface area contributed by atoms with Crippen molar-refractivity contribution in [2.75, 3.05) is 18.2 Å². The highest BCUT2D eigenvalue weighted by atomic mass is 79.9. The molecule has 1 aromatic rings. The third-order valence-corrected chi connectivity index (χ3v) is 7.52. The number of carbonyl (C=O) groups excluding carboxylic acids is 1. The predicted molar refractivity (Wildman–Crippen MR) is 152 cm³/mol. The number of thiophene rings is 1. The van der Waals surface area contributed by atoms with Crippen molar-refractivity contribution in [3.05, 3.63) is 94.0 Å². The molecule has 0 bridgehead atoms. The Bertz CT molecular complexity index is 910. The fraction of sp³-hybridized carbons (Fsp3) is 0.370. The number of hydrogen-bond acceptors (Lipinski definition) is 6. The van der Waals surface area contributed by atoms with E-state index in [9.17, 15) is 4.79 Å². The van der Waals surface area contributed by atoms with Crippen molar-refractivity contribution < 1.29 is 14.3 Å². The Balaban J connectivity index is 0.000000620. The van der Waals surface area contributed by atoms with Gasteiger partial charge in [-0.15, -0.1) is 23.1 Å². The molecule has 0 N–H and O–H groups in total. The summed E-state index contributed by atoms with van der Waals surface area (Å²) < 4.78 is 11.5. The highest BCUT2D eigenvalue weighted by Gasteiger charge is 2.30. The minimum Gasteiger partial charge on any atom is -0.462 e. The van der Waals surface area contributed by atoms with E-state index >= 15 is 0 Å². The SMILES string of the molecule is C=C/C=C(/CBr)SC.C=CN1C(=C)C=C(C(=O)OCCC)C(C)=C1C(CC)OCc1cccs1. The summed E-state index contributed by atoms with van der Waals surface area (Å²) >= 11 is 6.74. The number of hydrogen-bond donors (Lipinski definition) is 0. The molecule has 1 aromatic heterocycles. The van der Waals surface area contributed by atoms with Crippen molar-refractivity contribution in [1.82, 2.24) is 4.90 Å². The lowest BCUT2D eigenvalue weighted by Gasteiger charge is -2.35. The Kier molecular flexibility index (Phi) is 14.9. The molecule has 7 heteroatoms. The number of rotatable bonds is 12. The molecular formula is C27H36BrNO3S2. The van der Waals surface area contributed by atoms with E-state index < -0.39 is 0 Å². The monoisotopic (exact) mass is 565 g/mol. The van der Waals surface area contributed by atoms with Crippen LogP contribution in [0.25, 0.3) is 0 Å². The van der Waals surface area contributed by atoms with E-state index in [1.54, 1.807) is 41.5 Å². The molecule has 186 valence electrons. The molecule has 1 aliphatic rings. The summed E-state index contributed by atoms with van der Waals surface area (Å²) in [5.41, 5.74) is 2.96. The molecule has 0 saturated heterocycles. The van der Waals surface area contributed by atoms with Crippen LogP contribution in [0.5, 0.6) is 0 Å². The van der Waals surface area contributed by atoms with E-state index in [4.69, 9.17) is 9.47 Å². The van der Waals surface area contributed by atoms with Crippen LogP contribution >= 0.6 is 39.0 Å². The van der Waals surface area contributed by atoms with Gasteiger partial charge in [0.2, 0.25) is 0 Å². The summed E-state index contributed by atoms with van der Waals surface area (Å²) in [6.45, 7) is 18.5. The molecule has 0 amide bonds. The lowest BCUT2D eigenvalue weighted by atomic mass is 9.95. The quantitative estimate of drug-likeness (QED) is 0.146. The molecular weight excluding hydrogens is 530 g/mol. The molecule has 0 aromatic carbocycles. The summed E-state index contributed by atoms with van der Waals surface area (Å²) in [7, 11) is 0. The van der Waals surface area contributed by atoms with Crippen LogP contribution in [-0.4, -0.2) is 35.2 Å². The number of esters is 1. The Hall–Kier alpha value is -1.80. The van der Waals surface area contributed by atoms with E-state index in [0.29, 0.717) is 24.5 Å². The third-order valence-electron chi connectivity index (χ3n) is 4.89. The lowest BCUT2D eigenvalue weighted by molar-refractivity contribution is -0.138. The molecule has 0 aliphatic carbocycles. The molecule has 34 heavy (non-hydrogen) atoms. The fourth-order valence-corrected chi connectivity index (χ4v) is 5.02. The Labute approximate surface area is 221 Å². The molecule has 0 spiro atoms. The summed E-state index contributed by atoms with van der Waals surface area (Å²) in [5, 5.41) is 2.97. The van der Waals surface area contributed by atoms with Gasteiger partial charge in [-0.1, -0.05) is 67.7 Å². The summed E-state index contributed by atoms with van der Waals surface area (Å²) in [4.78, 5) is 16.8. The average Bonchev–Trinajstić information content (AvgIpc) is 3.37. The zero-order valence-corrected chi connectivity index (χ0v) is 23.9. The molecule has 0 radical (unpaired) electrons. The highest BCUT2D eigenvalue weighted by Crippen LogP contribution is 2.34. The molecule has 1 unspecified atom stereocenters. The number of alkyl halides is 1. The van der Waals surface area contributed by atoms with Crippen molar-refractivity contribution in [2.45, 2.75) is 46.3 Å². The molecule has 1 aliphatic heterocycles. The zero-order chi connectivity index (χ0) is 25.5. The summed E-state index contributed by atoms with van der Waals surface area (Å²) in [5.74, 6) is -0.320. The van der Waals surface area contributed by atoms with Gasteiger partial charge in [-0.2, -0.15) is 0 Å². The van der Waals surface area contributed by atoms with Gasteiger partial charge in [0.05, 0.1) is 30.6 Å². The van der Waals surface area contributed by atoms with Crippen LogP contribution in [0.15, 0.2) is 89.1 Å². The Morgan fingerprint density at radius 1 is 1.35 bits per heavy atom. The number of allylic oxidation sites excluding steroid dienone is 4. The predicted octanol–water partition coefficient (Wildman–Crippen LogP) is 7.98. The average molecular weight is 567 g/mol. The van der Waals surface area contributed by atoms with Crippen LogP contribution in [0, 0.1) is 0 Å². The number of ether oxygens (including phenoxy) is 2. The topological polar surface area (TPSA) is 38.8 Å². The first-order chi connectivity index (χ1) is 16.4. The molecule has 0 saturated carbocycles. The van der Waals surface area contributed by atoms with E-state index in [-0.39, 0.29) is 12.1 Å². The number of halogens is 1.